The van der Waals surface area contributed by atoms with Crippen LogP contribution in [-0.4, -0.2) is 21.6 Å². The lowest BCUT2D eigenvalue weighted by Crippen LogP contribution is -1.90. The number of hydrogen-bond acceptors (Lipinski definition) is 4. The van der Waals surface area contributed by atoms with Crippen LogP contribution in [0.1, 0.15) is 19.4 Å². The van der Waals surface area contributed by atoms with Crippen LogP contribution in [0.25, 0.3) is 6.08 Å². The van der Waals surface area contributed by atoms with Crippen LogP contribution in [0.5, 0.6) is 5.75 Å². The van der Waals surface area contributed by atoms with Crippen LogP contribution in [0.3, 0.4) is 0 Å². The van der Waals surface area contributed by atoms with Gasteiger partial charge in [-0.1, -0.05) is 25.6 Å². The van der Waals surface area contributed by atoms with Crippen molar-refractivity contribution < 1.29 is 14.3 Å². The minimum atomic E-state index is -0.592. The Morgan fingerprint density at radius 3 is 2.57 bits per heavy atom. The highest BCUT2D eigenvalue weighted by Crippen LogP contribution is 2.39. The van der Waals surface area contributed by atoms with E-state index in [0.29, 0.717) is 14.8 Å². The number of amides is 1. The van der Waals surface area contributed by atoms with Crippen LogP contribution in [-0.2, 0) is 4.79 Å². The highest BCUT2D eigenvalue weighted by Gasteiger charge is 2.22. The Labute approximate surface area is 147 Å². The molecule has 2 rings (SSSR count). The topological polar surface area (TPSA) is 49.7 Å². The Hall–Kier alpha value is -0.310. The summed E-state index contributed by atoms with van der Waals surface area (Å²) in [5.74, 6) is -1.20. The second-order valence-corrected chi connectivity index (χ2v) is 7.15. The van der Waals surface area contributed by atoms with Gasteiger partial charge in [0.2, 0.25) is 0 Å². The fraction of sp³-hybridized carbons (Fsp3) is 0.231. The molecule has 0 spiro atoms. The summed E-state index contributed by atoms with van der Waals surface area (Å²) in [5, 5.41) is 9.86. The number of phenolic OH excluding ortho intramolecular Hbond substituents is 1. The molecule has 114 valence electrons. The SMILES string of the molecule is CC.CSC1=NC(=O)/C(=C/c2cc(Br)c(F)c(Br)c2O)S1. The number of rotatable bonds is 1. The second kappa shape index (κ2) is 8.36. The van der Waals surface area contributed by atoms with E-state index in [9.17, 15) is 14.3 Å². The molecular weight excluding hydrogens is 445 g/mol. The summed E-state index contributed by atoms with van der Waals surface area (Å²) in [6.45, 7) is 4.00. The van der Waals surface area contributed by atoms with Gasteiger partial charge in [0.15, 0.2) is 5.82 Å². The molecule has 0 bridgehead atoms. The maximum absolute atomic E-state index is 13.5. The molecule has 1 amide bonds. The van der Waals surface area contributed by atoms with E-state index in [1.165, 1.54) is 35.7 Å². The molecule has 0 aliphatic carbocycles. The number of aliphatic imine (C=N–C) groups is 1. The van der Waals surface area contributed by atoms with Crippen molar-refractivity contribution in [3.63, 3.8) is 0 Å². The molecule has 1 aromatic carbocycles. The van der Waals surface area contributed by atoms with Crippen LogP contribution in [0, 0.1) is 5.82 Å². The van der Waals surface area contributed by atoms with Crippen molar-refractivity contribution in [1.82, 2.24) is 0 Å². The van der Waals surface area contributed by atoms with E-state index in [4.69, 9.17) is 0 Å². The number of halogens is 3. The van der Waals surface area contributed by atoms with Gasteiger partial charge in [0.25, 0.3) is 5.91 Å². The van der Waals surface area contributed by atoms with E-state index in [2.05, 4.69) is 36.9 Å². The third kappa shape index (κ3) is 4.34. The maximum Gasteiger partial charge on any atom is 0.285 e. The van der Waals surface area contributed by atoms with Crippen LogP contribution in [0.2, 0.25) is 0 Å². The Morgan fingerprint density at radius 1 is 1.43 bits per heavy atom. The molecule has 0 atom stereocenters. The van der Waals surface area contributed by atoms with E-state index < -0.39 is 5.82 Å². The number of carbonyl (C=O) groups excluding carboxylic acids is 1. The van der Waals surface area contributed by atoms with Gasteiger partial charge in [0.1, 0.15) is 10.1 Å². The third-order valence-electron chi connectivity index (χ3n) is 2.23. The van der Waals surface area contributed by atoms with E-state index >= 15 is 0 Å². The first kappa shape index (κ1) is 18.7. The van der Waals surface area contributed by atoms with E-state index in [0.717, 1.165) is 0 Å². The highest BCUT2D eigenvalue weighted by atomic mass is 79.9. The molecule has 1 aliphatic heterocycles. The average Bonchev–Trinajstić information content (AvgIpc) is 2.85. The van der Waals surface area contributed by atoms with Gasteiger partial charge in [0.05, 0.1) is 13.9 Å². The Balaban J connectivity index is 0.00000106. The molecule has 1 aromatic rings. The summed E-state index contributed by atoms with van der Waals surface area (Å²) in [4.78, 5) is 15.9. The minimum absolute atomic E-state index is 0.0461. The molecule has 0 saturated heterocycles. The lowest BCUT2D eigenvalue weighted by molar-refractivity contribution is -0.113. The van der Waals surface area contributed by atoms with Crippen molar-refractivity contribution in [1.29, 1.82) is 0 Å². The number of carbonyl (C=O) groups is 1. The molecule has 1 N–H and O–H groups in total. The summed E-state index contributed by atoms with van der Waals surface area (Å²) in [6, 6.07) is 1.41. The Morgan fingerprint density at radius 2 is 2.05 bits per heavy atom. The normalized spacial score (nSPS) is 15.8. The smallest absolute Gasteiger partial charge is 0.285 e. The van der Waals surface area contributed by atoms with E-state index in [-0.39, 0.29) is 20.6 Å². The number of hydrogen-bond donors (Lipinski definition) is 1. The zero-order valence-electron chi connectivity index (χ0n) is 11.4. The standard InChI is InChI=1S/C11H6Br2FNO2S2.C2H6/c1-18-11-15-10(17)6(19-11)3-4-2-5(12)8(14)7(13)9(4)16;1-2/h2-3,16H,1H3;1-2H3/b6-3-;. The zero-order chi connectivity index (χ0) is 16.2. The number of aromatic hydroxyl groups is 1. The lowest BCUT2D eigenvalue weighted by Gasteiger charge is -2.06. The Bertz CT molecular complexity index is 633. The molecule has 8 heteroatoms. The van der Waals surface area contributed by atoms with Gasteiger partial charge in [-0.25, -0.2) is 4.39 Å². The third-order valence-corrected chi connectivity index (χ3v) is 5.50. The average molecular weight is 457 g/mol. The molecule has 1 aliphatic rings. The second-order valence-electron chi connectivity index (χ2n) is 3.42. The van der Waals surface area contributed by atoms with E-state index in [1.807, 2.05) is 20.1 Å². The fourth-order valence-electron chi connectivity index (χ4n) is 1.33. The first-order chi connectivity index (χ1) is 9.93. The number of benzene rings is 1. The molecule has 0 unspecified atom stereocenters. The van der Waals surface area contributed by atoms with Crippen molar-refractivity contribution in [2.75, 3.05) is 6.26 Å². The van der Waals surface area contributed by atoms with Crippen LogP contribution in [0.4, 0.5) is 4.39 Å². The number of phenols is 1. The van der Waals surface area contributed by atoms with Crippen LogP contribution in [0.15, 0.2) is 24.9 Å². The summed E-state index contributed by atoms with van der Waals surface area (Å²) in [5.41, 5.74) is 0.341. The zero-order valence-corrected chi connectivity index (χ0v) is 16.2. The lowest BCUT2D eigenvalue weighted by atomic mass is 10.2. The first-order valence-corrected chi connectivity index (χ1v) is 9.49. The minimum Gasteiger partial charge on any atom is -0.506 e. The maximum atomic E-state index is 13.5. The summed E-state index contributed by atoms with van der Waals surface area (Å²) < 4.78 is 14.3. The largest absolute Gasteiger partial charge is 0.506 e. The van der Waals surface area contributed by atoms with Crippen molar-refractivity contribution in [2.24, 2.45) is 4.99 Å². The summed E-state index contributed by atoms with van der Waals surface area (Å²) in [6.07, 6.45) is 3.31. The highest BCUT2D eigenvalue weighted by molar-refractivity contribution is 9.11. The number of nitrogens with zero attached hydrogens (tertiary/aromatic N) is 1. The van der Waals surface area contributed by atoms with Crippen LogP contribution < -0.4 is 0 Å². The van der Waals surface area contributed by atoms with Gasteiger partial charge in [0, 0.05) is 5.56 Å². The fourth-order valence-corrected chi connectivity index (χ4v) is 3.90. The predicted molar refractivity (Wildman–Crippen MR) is 96.3 cm³/mol. The number of thioether (sulfide) groups is 2. The Kier molecular flexibility index (Phi) is 7.46. The van der Waals surface area contributed by atoms with Gasteiger partial charge >= 0.3 is 0 Å². The molecule has 3 nitrogen and oxygen atoms in total. The summed E-state index contributed by atoms with van der Waals surface area (Å²) in [7, 11) is 0. The summed E-state index contributed by atoms with van der Waals surface area (Å²) >= 11 is 8.61. The van der Waals surface area contributed by atoms with Crippen molar-refractivity contribution in [3.05, 3.63) is 31.3 Å². The van der Waals surface area contributed by atoms with Gasteiger partial charge in [-0.2, -0.15) is 4.99 Å². The molecule has 0 fully saturated rings. The molecule has 0 radical (unpaired) electrons. The van der Waals surface area contributed by atoms with Crippen molar-refractivity contribution >= 4 is 71.7 Å². The molecule has 0 aromatic heterocycles. The molecule has 0 saturated carbocycles. The predicted octanol–water partition coefficient (Wildman–Crippen LogP) is 5.42. The molecule has 1 heterocycles. The van der Waals surface area contributed by atoms with Crippen LogP contribution >= 0.6 is 55.4 Å². The van der Waals surface area contributed by atoms with Gasteiger partial charge in [-0.15, -0.1) is 11.8 Å². The molecule has 21 heavy (non-hydrogen) atoms. The molecular formula is C13H12Br2FNO2S2. The first-order valence-electron chi connectivity index (χ1n) is 5.87. The van der Waals surface area contributed by atoms with Crippen molar-refractivity contribution in [2.45, 2.75) is 13.8 Å². The van der Waals surface area contributed by atoms with Crippen molar-refractivity contribution in [3.8, 4) is 5.75 Å². The van der Waals surface area contributed by atoms with Gasteiger partial charge in [-0.05, 0) is 50.3 Å². The quantitative estimate of drug-likeness (QED) is 0.453. The van der Waals surface area contributed by atoms with Gasteiger partial charge in [-0.3, -0.25) is 4.79 Å². The van der Waals surface area contributed by atoms with Gasteiger partial charge < -0.3 is 5.11 Å². The van der Waals surface area contributed by atoms with E-state index in [1.54, 1.807) is 0 Å². The monoisotopic (exact) mass is 455 g/mol.